The molecular formula is C49H53FN8O6. The lowest BCUT2D eigenvalue weighted by Gasteiger charge is -2.35. The van der Waals surface area contributed by atoms with Gasteiger partial charge in [-0.05, 0) is 142 Å². The molecule has 4 atom stereocenters. The van der Waals surface area contributed by atoms with E-state index >= 15 is 9.18 Å². The monoisotopic (exact) mass is 868 g/mol. The van der Waals surface area contributed by atoms with Crippen LogP contribution in [0.1, 0.15) is 108 Å². The number of fused-ring (bicyclic) bond motifs is 3. The molecule has 0 bridgehead atoms. The number of carbonyl (C=O) groups is 2. The summed E-state index contributed by atoms with van der Waals surface area (Å²) in [6, 6.07) is 17.5. The molecule has 2 N–H and O–H groups in total. The Labute approximate surface area is 369 Å². The quantitative estimate of drug-likeness (QED) is 0.171. The van der Waals surface area contributed by atoms with Gasteiger partial charge in [-0.2, -0.15) is 5.10 Å². The van der Waals surface area contributed by atoms with Gasteiger partial charge in [-0.15, -0.1) is 5.48 Å². The Morgan fingerprint density at radius 3 is 2.38 bits per heavy atom. The SMILES string of the molecule is Cc1cc(-n2nc3c(c2-n2ccn(-c4ccc5c(c4)CCOC5(C)C)c2=O)[C@H](C)N(C(=O)c2cc4cc(C5CCOCC5)ccc4n2[C@@]2(C4NOC(=O)N4)C[C@@H]2C)CC3)cc(C)c1F. The van der Waals surface area contributed by atoms with Crippen LogP contribution in [0.5, 0.6) is 0 Å². The van der Waals surface area contributed by atoms with Crippen molar-refractivity contribution in [2.75, 3.05) is 26.4 Å². The van der Waals surface area contributed by atoms with Crippen molar-refractivity contribution in [3.8, 4) is 17.2 Å². The molecule has 7 heterocycles. The highest BCUT2D eigenvalue weighted by atomic mass is 19.1. The summed E-state index contributed by atoms with van der Waals surface area (Å²) in [6.45, 7) is 14.1. The minimum Gasteiger partial charge on any atom is -0.381 e. The Bertz CT molecular complexity index is 2950. The van der Waals surface area contributed by atoms with Crippen LogP contribution >= 0.6 is 0 Å². The van der Waals surface area contributed by atoms with Crippen LogP contribution in [0, 0.1) is 25.6 Å². The van der Waals surface area contributed by atoms with Crippen molar-refractivity contribution in [2.24, 2.45) is 5.92 Å². The summed E-state index contributed by atoms with van der Waals surface area (Å²) in [5.41, 5.74) is 10.1. The minimum absolute atomic E-state index is 0.105. The fourth-order valence-corrected chi connectivity index (χ4v) is 11.2. The van der Waals surface area contributed by atoms with Crippen LogP contribution in [0.2, 0.25) is 0 Å². The molecule has 14 nitrogen and oxygen atoms in total. The van der Waals surface area contributed by atoms with Gasteiger partial charge in [-0.3, -0.25) is 19.2 Å². The van der Waals surface area contributed by atoms with E-state index in [9.17, 15) is 9.59 Å². The van der Waals surface area contributed by atoms with Crippen molar-refractivity contribution in [3.63, 3.8) is 0 Å². The van der Waals surface area contributed by atoms with E-state index in [-0.39, 0.29) is 23.3 Å². The lowest BCUT2D eigenvalue weighted by molar-refractivity contribution is -0.0314. The number of carbonyl (C=O) groups excluding carboxylic acids is 2. The number of hydroxylamine groups is 1. The summed E-state index contributed by atoms with van der Waals surface area (Å²) in [7, 11) is 0. The number of nitrogens with zero attached hydrogens (tertiary/aromatic N) is 6. The molecule has 2 amide bonds. The van der Waals surface area contributed by atoms with E-state index in [0.29, 0.717) is 73.5 Å². The van der Waals surface area contributed by atoms with Crippen LogP contribution in [0.3, 0.4) is 0 Å². The molecule has 0 spiro atoms. The van der Waals surface area contributed by atoms with Gasteiger partial charge in [0, 0.05) is 55.0 Å². The van der Waals surface area contributed by atoms with E-state index < -0.39 is 29.4 Å². The van der Waals surface area contributed by atoms with Crippen LogP contribution in [-0.2, 0) is 38.3 Å². The molecule has 1 unspecified atom stereocenters. The topological polar surface area (TPSA) is 139 Å². The second-order valence-corrected chi connectivity index (χ2v) is 18.9. The van der Waals surface area contributed by atoms with Crippen molar-refractivity contribution in [1.29, 1.82) is 0 Å². The van der Waals surface area contributed by atoms with E-state index in [0.717, 1.165) is 58.2 Å². The van der Waals surface area contributed by atoms with Gasteiger partial charge >= 0.3 is 11.8 Å². The Morgan fingerprint density at radius 1 is 0.906 bits per heavy atom. The normalized spacial score (nSPS) is 24.1. The third-order valence-corrected chi connectivity index (χ3v) is 14.7. The first-order valence-corrected chi connectivity index (χ1v) is 22.5. The molecule has 3 fully saturated rings. The van der Waals surface area contributed by atoms with Crippen molar-refractivity contribution < 1.29 is 28.3 Å². The van der Waals surface area contributed by atoms with Gasteiger partial charge in [-0.25, -0.2) is 18.7 Å². The molecular weight excluding hydrogens is 816 g/mol. The average molecular weight is 869 g/mol. The Balaban J connectivity index is 1.04. The van der Waals surface area contributed by atoms with E-state index in [1.807, 2.05) is 30.0 Å². The number of hydrogen-bond donors (Lipinski definition) is 2. The molecule has 5 aliphatic rings. The summed E-state index contributed by atoms with van der Waals surface area (Å²) in [5, 5.41) is 9.05. The van der Waals surface area contributed by atoms with Gasteiger partial charge < -0.3 is 23.8 Å². The zero-order valence-corrected chi connectivity index (χ0v) is 37.0. The predicted molar refractivity (Wildman–Crippen MR) is 237 cm³/mol. The first-order valence-electron chi connectivity index (χ1n) is 22.5. The summed E-state index contributed by atoms with van der Waals surface area (Å²) < 4.78 is 34.0. The van der Waals surface area contributed by atoms with Crippen LogP contribution in [-0.4, -0.2) is 72.9 Å². The fraction of sp³-hybridized carbons (Fsp3) is 0.429. The molecule has 0 radical (unpaired) electrons. The Morgan fingerprint density at radius 2 is 1.66 bits per heavy atom. The smallest absolute Gasteiger partial charge is 0.381 e. The summed E-state index contributed by atoms with van der Waals surface area (Å²) in [4.78, 5) is 49.9. The van der Waals surface area contributed by atoms with Gasteiger partial charge in [0.15, 0.2) is 0 Å². The first-order chi connectivity index (χ1) is 30.7. The van der Waals surface area contributed by atoms with Crippen LogP contribution in [0.4, 0.5) is 9.18 Å². The van der Waals surface area contributed by atoms with E-state index in [2.05, 4.69) is 60.4 Å². The summed E-state index contributed by atoms with van der Waals surface area (Å²) in [6.07, 6.45) is 6.13. The molecule has 332 valence electrons. The second-order valence-electron chi connectivity index (χ2n) is 18.9. The van der Waals surface area contributed by atoms with Crippen molar-refractivity contribution in [3.05, 3.63) is 128 Å². The highest BCUT2D eigenvalue weighted by Gasteiger charge is 2.62. The highest BCUT2D eigenvalue weighted by Crippen LogP contribution is 2.55. The standard InChI is InChI=1S/C49H53FN8O6/c1-27-21-36(22-28(2)42(27)50)58-43(56-17-16-55(47(56)61)35-8-9-37-33(24-35)14-20-63-48(37,5)6)41-30(4)54(15-11-38(41)52-58)44(59)40-25-34-23-32(31-12-18-62-19-13-31)7-10-39(34)57(40)49(26-29(49)3)45-51-46(60)64-53-45/h7-10,16-17,21-25,29-31,45,53H,11-15,18-20,26H2,1-6H3,(H,51,60)/t29-,30-,45?,49-/m0/s1. The molecule has 64 heavy (non-hydrogen) atoms. The first kappa shape index (κ1) is 40.7. The molecule has 1 saturated carbocycles. The second kappa shape index (κ2) is 14.8. The largest absolute Gasteiger partial charge is 0.427 e. The number of benzene rings is 3. The van der Waals surface area contributed by atoms with E-state index in [4.69, 9.17) is 19.4 Å². The number of hydrogen-bond acceptors (Lipinski definition) is 8. The van der Waals surface area contributed by atoms with Crippen LogP contribution < -0.4 is 16.5 Å². The zero-order valence-electron chi connectivity index (χ0n) is 37.0. The molecule has 11 rings (SSSR count). The van der Waals surface area contributed by atoms with Gasteiger partial charge in [0.2, 0.25) is 0 Å². The van der Waals surface area contributed by atoms with Crippen LogP contribution in [0.25, 0.3) is 28.1 Å². The number of nitrogens with one attached hydrogen (secondary N) is 2. The number of imidazole rings is 1. The summed E-state index contributed by atoms with van der Waals surface area (Å²) >= 11 is 0. The number of ether oxygens (including phenoxy) is 2. The number of amides is 2. The maximum Gasteiger partial charge on any atom is 0.427 e. The van der Waals surface area contributed by atoms with Crippen LogP contribution in [0.15, 0.2) is 71.8 Å². The number of aryl methyl sites for hydroxylation is 2. The zero-order chi connectivity index (χ0) is 44.4. The third kappa shape index (κ3) is 6.21. The summed E-state index contributed by atoms with van der Waals surface area (Å²) in [5.74, 6) is 0.478. The number of halogens is 1. The highest BCUT2D eigenvalue weighted by molar-refractivity contribution is 6.00. The molecule has 3 aromatic heterocycles. The van der Waals surface area contributed by atoms with Crippen molar-refractivity contribution in [2.45, 2.75) is 103 Å². The predicted octanol–water partition coefficient (Wildman–Crippen LogP) is 7.29. The van der Waals surface area contributed by atoms with E-state index in [1.165, 1.54) is 5.56 Å². The number of aromatic nitrogens is 5. The Kier molecular flexibility index (Phi) is 9.39. The van der Waals surface area contributed by atoms with Gasteiger partial charge in [0.25, 0.3) is 5.91 Å². The molecule has 6 aromatic rings. The van der Waals surface area contributed by atoms with Crippen molar-refractivity contribution in [1.82, 2.24) is 39.2 Å². The lowest BCUT2D eigenvalue weighted by atomic mass is 9.89. The van der Waals surface area contributed by atoms with Gasteiger partial charge in [-0.1, -0.05) is 19.1 Å². The minimum atomic E-state index is -0.673. The molecule has 1 aliphatic carbocycles. The average Bonchev–Trinajstić information content (AvgIpc) is 3.78. The maximum absolute atomic E-state index is 15.5. The lowest BCUT2D eigenvalue weighted by Crippen LogP contribution is -2.49. The molecule has 4 aliphatic heterocycles. The van der Waals surface area contributed by atoms with Gasteiger partial charge in [0.1, 0.15) is 23.5 Å². The van der Waals surface area contributed by atoms with Gasteiger partial charge in [0.05, 0.1) is 40.9 Å². The maximum atomic E-state index is 15.5. The van der Waals surface area contributed by atoms with Crippen molar-refractivity contribution >= 4 is 22.9 Å². The fourth-order valence-electron chi connectivity index (χ4n) is 11.2. The molecule has 3 aromatic carbocycles. The van der Waals surface area contributed by atoms with E-state index in [1.54, 1.807) is 52.2 Å². The Hall–Kier alpha value is -6.03. The molecule has 15 heteroatoms. The third-order valence-electron chi connectivity index (χ3n) is 14.7. The number of rotatable bonds is 7. The molecule has 2 saturated heterocycles.